The monoisotopic (exact) mass is 509 g/mol. The van der Waals surface area contributed by atoms with E-state index in [2.05, 4.69) is 12.2 Å². The number of halogens is 1. The van der Waals surface area contributed by atoms with E-state index in [1.165, 1.54) is 22.2 Å². The third-order valence-electron chi connectivity index (χ3n) is 6.02. The van der Waals surface area contributed by atoms with Crippen LogP contribution in [0.3, 0.4) is 0 Å². The summed E-state index contributed by atoms with van der Waals surface area (Å²) in [6.45, 7) is 2.10. The van der Waals surface area contributed by atoms with Gasteiger partial charge >= 0.3 is 0 Å². The number of amides is 1. The largest absolute Gasteiger partial charge is 0.325 e. The van der Waals surface area contributed by atoms with Crippen molar-refractivity contribution in [2.45, 2.75) is 44.2 Å². The summed E-state index contributed by atoms with van der Waals surface area (Å²) in [7, 11) is 0. The maximum absolute atomic E-state index is 13.7. The van der Waals surface area contributed by atoms with Crippen LogP contribution in [0.15, 0.2) is 58.5 Å². The number of nitrogens with one attached hydrogen (secondary N) is 1. The lowest BCUT2D eigenvalue weighted by atomic mass is 9.97. The molecule has 1 aliphatic carbocycles. The molecule has 0 aliphatic heterocycles. The second-order valence-corrected chi connectivity index (χ2v) is 10.8. The smallest absolute Gasteiger partial charge is 0.267 e. The summed E-state index contributed by atoms with van der Waals surface area (Å²) >= 11 is 8.98. The van der Waals surface area contributed by atoms with Crippen molar-refractivity contribution in [3.63, 3.8) is 0 Å². The molecule has 5 rings (SSSR count). The first-order valence-electron chi connectivity index (χ1n) is 11.4. The lowest BCUT2D eigenvalue weighted by Gasteiger charge is -2.14. The number of fused-ring (bicyclic) bond motifs is 3. The van der Waals surface area contributed by atoms with Crippen LogP contribution in [0.4, 0.5) is 5.69 Å². The van der Waals surface area contributed by atoms with E-state index in [1.54, 1.807) is 28.0 Å². The zero-order chi connectivity index (χ0) is 23.7. The summed E-state index contributed by atoms with van der Waals surface area (Å²) < 4.78 is 1.62. The van der Waals surface area contributed by atoms with E-state index >= 15 is 0 Å². The minimum atomic E-state index is -0.142. The van der Waals surface area contributed by atoms with Crippen LogP contribution in [0.25, 0.3) is 15.9 Å². The first-order valence-corrected chi connectivity index (χ1v) is 13.6. The van der Waals surface area contributed by atoms with Crippen molar-refractivity contribution in [1.29, 1.82) is 0 Å². The number of benzene rings is 2. The molecule has 4 aromatic rings. The number of hydrogen-bond donors (Lipinski definition) is 1. The fraction of sp³-hybridized carbons (Fsp3) is 0.269. The Balaban J connectivity index is 1.48. The fourth-order valence-corrected chi connectivity index (χ4v) is 6.49. The molecule has 2 aromatic carbocycles. The van der Waals surface area contributed by atoms with Crippen molar-refractivity contribution in [3.05, 3.63) is 79.9 Å². The van der Waals surface area contributed by atoms with Crippen LogP contribution < -0.4 is 10.9 Å². The highest BCUT2D eigenvalue weighted by molar-refractivity contribution is 7.99. The van der Waals surface area contributed by atoms with Gasteiger partial charge in [-0.05, 0) is 79.6 Å². The number of nitrogens with zero attached hydrogens (tertiary/aromatic N) is 2. The molecule has 1 amide bonds. The Morgan fingerprint density at radius 2 is 1.85 bits per heavy atom. The fourth-order valence-electron chi connectivity index (χ4n) is 4.25. The van der Waals surface area contributed by atoms with E-state index < -0.39 is 0 Å². The van der Waals surface area contributed by atoms with E-state index in [1.807, 2.05) is 36.4 Å². The molecule has 0 spiro atoms. The Morgan fingerprint density at radius 1 is 1.12 bits per heavy atom. The van der Waals surface area contributed by atoms with Gasteiger partial charge in [0.15, 0.2) is 5.16 Å². The van der Waals surface area contributed by atoms with Crippen molar-refractivity contribution in [1.82, 2.24) is 9.55 Å². The zero-order valence-corrected chi connectivity index (χ0v) is 21.2. The average Bonchev–Trinajstić information content (AvgIpc) is 3.23. The van der Waals surface area contributed by atoms with Crippen LogP contribution in [0.1, 0.15) is 35.8 Å². The number of carbonyl (C=O) groups excluding carboxylic acids is 1. The normalized spacial score (nSPS) is 13.1. The van der Waals surface area contributed by atoms with Gasteiger partial charge in [0, 0.05) is 15.6 Å². The standard InChI is InChI=1S/C26H24ClN3O2S2/c1-2-16-7-11-18(12-8-16)28-22(31)15-33-26-29-24-23(20-5-3-4-6-21(20)34-24)25(32)30(26)19-13-9-17(27)10-14-19/h7-14H,2-6,15H2,1H3,(H,28,31). The van der Waals surface area contributed by atoms with Crippen LogP contribution in [0.2, 0.25) is 5.02 Å². The average molecular weight is 510 g/mol. The zero-order valence-electron chi connectivity index (χ0n) is 18.8. The predicted molar refractivity (Wildman–Crippen MR) is 142 cm³/mol. The number of thiophene rings is 1. The van der Waals surface area contributed by atoms with Gasteiger partial charge in [-0.15, -0.1) is 11.3 Å². The van der Waals surface area contributed by atoms with Gasteiger partial charge in [0.25, 0.3) is 5.56 Å². The van der Waals surface area contributed by atoms with Gasteiger partial charge < -0.3 is 5.32 Å². The third-order valence-corrected chi connectivity index (χ3v) is 8.40. The quantitative estimate of drug-likeness (QED) is 0.245. The molecule has 34 heavy (non-hydrogen) atoms. The summed E-state index contributed by atoms with van der Waals surface area (Å²) in [6, 6.07) is 15.0. The van der Waals surface area contributed by atoms with E-state index in [9.17, 15) is 9.59 Å². The molecule has 0 saturated heterocycles. The molecule has 2 heterocycles. The van der Waals surface area contributed by atoms with Crippen molar-refractivity contribution in [2.75, 3.05) is 11.1 Å². The highest BCUT2D eigenvalue weighted by atomic mass is 35.5. The molecule has 0 saturated carbocycles. The molecule has 1 N–H and O–H groups in total. The van der Waals surface area contributed by atoms with E-state index in [4.69, 9.17) is 16.6 Å². The second-order valence-electron chi connectivity index (χ2n) is 8.29. The molecule has 5 nitrogen and oxygen atoms in total. The van der Waals surface area contributed by atoms with Crippen LogP contribution in [-0.2, 0) is 24.1 Å². The topological polar surface area (TPSA) is 64.0 Å². The lowest BCUT2D eigenvalue weighted by molar-refractivity contribution is -0.113. The number of hydrogen-bond acceptors (Lipinski definition) is 5. The molecule has 0 fully saturated rings. The molecule has 8 heteroatoms. The maximum atomic E-state index is 13.7. The van der Waals surface area contributed by atoms with Gasteiger partial charge in [0.2, 0.25) is 5.91 Å². The molecule has 0 atom stereocenters. The third kappa shape index (κ3) is 4.65. The number of aromatic nitrogens is 2. The molecular formula is C26H24ClN3O2S2. The summed E-state index contributed by atoms with van der Waals surface area (Å²) in [5.41, 5.74) is 3.74. The SMILES string of the molecule is CCc1ccc(NC(=O)CSc2nc3sc4c(c3c(=O)n2-c2ccc(Cl)cc2)CCCC4)cc1. The number of rotatable bonds is 6. The Bertz CT molecular complexity index is 1410. The first-order chi connectivity index (χ1) is 16.5. The Kier molecular flexibility index (Phi) is 6.77. The number of anilines is 1. The molecule has 0 bridgehead atoms. The van der Waals surface area contributed by atoms with Crippen LogP contribution in [-0.4, -0.2) is 21.2 Å². The van der Waals surface area contributed by atoms with Gasteiger partial charge in [-0.3, -0.25) is 14.2 Å². The number of carbonyl (C=O) groups is 1. The molecule has 0 radical (unpaired) electrons. The minimum Gasteiger partial charge on any atom is -0.325 e. The van der Waals surface area contributed by atoms with Gasteiger partial charge in [-0.1, -0.05) is 42.4 Å². The van der Waals surface area contributed by atoms with Crippen LogP contribution in [0, 0.1) is 0 Å². The van der Waals surface area contributed by atoms with Gasteiger partial charge in [-0.25, -0.2) is 4.98 Å². The first kappa shape index (κ1) is 23.1. The number of thioether (sulfide) groups is 1. The van der Waals surface area contributed by atoms with E-state index in [0.29, 0.717) is 15.9 Å². The van der Waals surface area contributed by atoms with Crippen molar-refractivity contribution >= 4 is 56.5 Å². The van der Waals surface area contributed by atoms with Gasteiger partial charge in [0.1, 0.15) is 4.83 Å². The van der Waals surface area contributed by atoms with Crippen LogP contribution in [0.5, 0.6) is 0 Å². The number of aryl methyl sites for hydroxylation is 3. The summed E-state index contributed by atoms with van der Waals surface area (Å²) in [4.78, 5) is 33.3. The summed E-state index contributed by atoms with van der Waals surface area (Å²) in [5, 5.41) is 4.76. The molecular weight excluding hydrogens is 486 g/mol. The minimum absolute atomic E-state index is 0.0789. The second kappa shape index (κ2) is 9.94. The van der Waals surface area contributed by atoms with Crippen molar-refractivity contribution in [3.8, 4) is 5.69 Å². The molecule has 0 unspecified atom stereocenters. The molecule has 2 aromatic heterocycles. The summed E-state index contributed by atoms with van der Waals surface area (Å²) in [6.07, 6.45) is 5.10. The maximum Gasteiger partial charge on any atom is 0.267 e. The highest BCUT2D eigenvalue weighted by Gasteiger charge is 2.23. The summed E-state index contributed by atoms with van der Waals surface area (Å²) in [5.74, 6) is 0.00307. The van der Waals surface area contributed by atoms with Crippen molar-refractivity contribution in [2.24, 2.45) is 0 Å². The Hall–Kier alpha value is -2.61. The highest BCUT2D eigenvalue weighted by Crippen LogP contribution is 2.35. The van der Waals surface area contributed by atoms with E-state index in [0.717, 1.165) is 53.6 Å². The Morgan fingerprint density at radius 3 is 2.59 bits per heavy atom. The van der Waals surface area contributed by atoms with Gasteiger partial charge in [0.05, 0.1) is 16.8 Å². The Labute approximate surface area is 211 Å². The predicted octanol–water partition coefficient (Wildman–Crippen LogP) is 6.27. The van der Waals surface area contributed by atoms with Gasteiger partial charge in [-0.2, -0.15) is 0 Å². The van der Waals surface area contributed by atoms with Crippen molar-refractivity contribution < 1.29 is 4.79 Å². The lowest BCUT2D eigenvalue weighted by Crippen LogP contribution is -2.23. The molecule has 174 valence electrons. The van der Waals surface area contributed by atoms with E-state index in [-0.39, 0.29) is 17.2 Å². The van der Waals surface area contributed by atoms with Crippen LogP contribution >= 0.6 is 34.7 Å². The molecule has 1 aliphatic rings.